The minimum atomic E-state index is -0.310. The zero-order chi connectivity index (χ0) is 13.8. The highest BCUT2D eigenvalue weighted by molar-refractivity contribution is 7.80. The summed E-state index contributed by atoms with van der Waals surface area (Å²) >= 11 is 10.0. The van der Waals surface area contributed by atoms with Crippen LogP contribution in [0.25, 0.3) is 0 Å². The number of nitrogens with zero attached hydrogens (tertiary/aromatic N) is 1. The number of carbonyl (C=O) groups is 1. The van der Waals surface area contributed by atoms with Crippen LogP contribution in [0, 0.1) is 11.3 Å². The molecule has 1 N–H and O–H groups in total. The second kappa shape index (κ2) is 5.79. The van der Waals surface area contributed by atoms with Gasteiger partial charge < -0.3 is 5.32 Å². The molecular formula is C14H9ClN2OS. The number of nitrogens with one attached hydrogen (secondary N) is 1. The van der Waals surface area contributed by atoms with E-state index in [9.17, 15) is 4.79 Å². The summed E-state index contributed by atoms with van der Waals surface area (Å²) in [4.78, 5) is 12.7. The minimum absolute atomic E-state index is 0.310. The van der Waals surface area contributed by atoms with E-state index in [-0.39, 0.29) is 5.91 Å². The van der Waals surface area contributed by atoms with Gasteiger partial charge in [0.2, 0.25) is 0 Å². The predicted molar refractivity (Wildman–Crippen MR) is 77.8 cm³/mol. The van der Waals surface area contributed by atoms with Gasteiger partial charge in [-0.3, -0.25) is 4.79 Å². The Morgan fingerprint density at radius 1 is 1.26 bits per heavy atom. The van der Waals surface area contributed by atoms with Gasteiger partial charge in [-0.05, 0) is 36.4 Å². The van der Waals surface area contributed by atoms with E-state index in [0.717, 1.165) is 0 Å². The van der Waals surface area contributed by atoms with Crippen LogP contribution in [0.3, 0.4) is 0 Å². The second-order valence-electron chi connectivity index (χ2n) is 3.81. The zero-order valence-electron chi connectivity index (χ0n) is 9.72. The van der Waals surface area contributed by atoms with Crippen molar-refractivity contribution < 1.29 is 4.79 Å². The number of halogens is 1. The van der Waals surface area contributed by atoms with E-state index in [1.807, 2.05) is 6.07 Å². The van der Waals surface area contributed by atoms with E-state index >= 15 is 0 Å². The lowest BCUT2D eigenvalue weighted by Gasteiger charge is -2.07. The van der Waals surface area contributed by atoms with Gasteiger partial charge in [0.05, 0.1) is 11.3 Å². The van der Waals surface area contributed by atoms with E-state index < -0.39 is 0 Å². The first-order valence-corrected chi connectivity index (χ1v) is 6.22. The molecule has 0 aliphatic heterocycles. The van der Waals surface area contributed by atoms with Crippen LogP contribution < -0.4 is 5.32 Å². The van der Waals surface area contributed by atoms with Crippen molar-refractivity contribution in [2.45, 2.75) is 4.90 Å². The van der Waals surface area contributed by atoms with Crippen LogP contribution in [0.2, 0.25) is 5.02 Å². The molecule has 2 aromatic rings. The molecule has 2 aromatic carbocycles. The van der Waals surface area contributed by atoms with Crippen molar-refractivity contribution in [3.8, 4) is 6.07 Å². The second-order valence-corrected chi connectivity index (χ2v) is 4.76. The average Bonchev–Trinajstić information content (AvgIpc) is 2.39. The van der Waals surface area contributed by atoms with Crippen molar-refractivity contribution in [3.63, 3.8) is 0 Å². The number of benzene rings is 2. The Morgan fingerprint density at radius 3 is 2.74 bits per heavy atom. The molecule has 0 atom stereocenters. The number of hydrogen-bond acceptors (Lipinski definition) is 3. The van der Waals surface area contributed by atoms with Gasteiger partial charge in [-0.25, -0.2) is 0 Å². The van der Waals surface area contributed by atoms with Crippen LogP contribution in [-0.4, -0.2) is 5.91 Å². The summed E-state index contributed by atoms with van der Waals surface area (Å²) in [5.41, 5.74) is 1.22. The van der Waals surface area contributed by atoms with Gasteiger partial charge in [0.15, 0.2) is 0 Å². The Morgan fingerprint density at radius 2 is 2.05 bits per heavy atom. The number of nitriles is 1. The lowest BCUT2D eigenvalue weighted by atomic mass is 10.1. The third kappa shape index (κ3) is 3.28. The van der Waals surface area contributed by atoms with Crippen molar-refractivity contribution >= 4 is 35.8 Å². The highest BCUT2D eigenvalue weighted by Gasteiger charge is 2.09. The smallest absolute Gasteiger partial charge is 0.255 e. The van der Waals surface area contributed by atoms with Gasteiger partial charge >= 0.3 is 0 Å². The summed E-state index contributed by atoms with van der Waals surface area (Å²) in [6, 6.07) is 13.5. The Hall–Kier alpha value is -1.96. The third-order valence-electron chi connectivity index (χ3n) is 2.46. The highest BCUT2D eigenvalue weighted by atomic mass is 35.5. The maximum atomic E-state index is 12.0. The molecular weight excluding hydrogens is 280 g/mol. The van der Waals surface area contributed by atoms with E-state index in [1.165, 1.54) is 0 Å². The Balaban J connectivity index is 2.29. The summed E-state index contributed by atoms with van der Waals surface area (Å²) < 4.78 is 0. The van der Waals surface area contributed by atoms with Crippen molar-refractivity contribution in [2.24, 2.45) is 0 Å². The van der Waals surface area contributed by atoms with Gasteiger partial charge in [-0.1, -0.05) is 17.7 Å². The number of rotatable bonds is 2. The number of thiol groups is 1. The molecule has 0 saturated heterocycles. The minimum Gasteiger partial charge on any atom is -0.321 e. The molecule has 0 aromatic heterocycles. The van der Waals surface area contributed by atoms with Gasteiger partial charge in [-0.15, -0.1) is 12.6 Å². The first kappa shape index (κ1) is 13.5. The van der Waals surface area contributed by atoms with Crippen molar-refractivity contribution in [2.75, 3.05) is 5.32 Å². The summed E-state index contributed by atoms with van der Waals surface area (Å²) in [7, 11) is 0. The quantitative estimate of drug-likeness (QED) is 0.827. The van der Waals surface area contributed by atoms with Crippen molar-refractivity contribution in [1.29, 1.82) is 5.26 Å². The molecule has 1 amide bonds. The molecule has 2 rings (SSSR count). The first-order chi connectivity index (χ1) is 9.10. The summed E-state index contributed by atoms with van der Waals surface area (Å²) in [5, 5.41) is 12.1. The number of hydrogen-bond donors (Lipinski definition) is 2. The molecule has 0 unspecified atom stereocenters. The maximum absolute atomic E-state index is 12.0. The highest BCUT2D eigenvalue weighted by Crippen LogP contribution is 2.21. The van der Waals surface area contributed by atoms with Crippen molar-refractivity contribution in [3.05, 3.63) is 58.6 Å². The molecule has 94 valence electrons. The van der Waals surface area contributed by atoms with Gasteiger partial charge in [0.1, 0.15) is 6.07 Å². The first-order valence-electron chi connectivity index (χ1n) is 5.40. The monoisotopic (exact) mass is 288 g/mol. The van der Waals surface area contributed by atoms with Crippen LogP contribution >= 0.6 is 24.2 Å². The van der Waals surface area contributed by atoms with Crippen LogP contribution in [0.1, 0.15) is 15.9 Å². The Kier molecular flexibility index (Phi) is 4.10. The third-order valence-corrected chi connectivity index (χ3v) is 2.97. The van der Waals surface area contributed by atoms with Gasteiger partial charge in [-0.2, -0.15) is 5.26 Å². The molecule has 3 nitrogen and oxygen atoms in total. The molecule has 0 saturated carbocycles. The molecule has 0 radical (unpaired) electrons. The standard InChI is InChI=1S/C14H9ClN2OS/c15-11-5-4-10(8-16)13(7-11)17-14(18)9-2-1-3-12(19)6-9/h1-7,19H,(H,17,18). The molecule has 0 spiro atoms. The molecule has 0 aliphatic rings. The van der Waals surface area contributed by atoms with Crippen LogP contribution in [0.15, 0.2) is 47.4 Å². The van der Waals surface area contributed by atoms with Crippen LogP contribution in [0.5, 0.6) is 0 Å². The topological polar surface area (TPSA) is 52.9 Å². The number of anilines is 1. The lowest BCUT2D eigenvalue weighted by molar-refractivity contribution is 0.102. The van der Waals surface area contributed by atoms with Gasteiger partial charge in [0, 0.05) is 15.5 Å². The van der Waals surface area contributed by atoms with Crippen LogP contribution in [0.4, 0.5) is 5.69 Å². The Bertz CT molecular complexity index is 679. The predicted octanol–water partition coefficient (Wildman–Crippen LogP) is 3.75. The molecule has 0 heterocycles. The van der Waals surface area contributed by atoms with E-state index in [2.05, 4.69) is 17.9 Å². The van der Waals surface area contributed by atoms with Crippen molar-refractivity contribution in [1.82, 2.24) is 0 Å². The maximum Gasteiger partial charge on any atom is 0.255 e. The largest absolute Gasteiger partial charge is 0.321 e. The summed E-state index contributed by atoms with van der Waals surface area (Å²) in [6.07, 6.45) is 0. The summed E-state index contributed by atoms with van der Waals surface area (Å²) in [5.74, 6) is -0.310. The lowest BCUT2D eigenvalue weighted by Crippen LogP contribution is -2.12. The SMILES string of the molecule is N#Cc1ccc(Cl)cc1NC(=O)c1cccc(S)c1. The molecule has 5 heteroatoms. The number of carbonyl (C=O) groups excluding carboxylic acids is 1. The fourth-order valence-corrected chi connectivity index (χ4v) is 1.96. The zero-order valence-corrected chi connectivity index (χ0v) is 11.4. The molecule has 0 bridgehead atoms. The molecule has 0 aliphatic carbocycles. The van der Waals surface area contributed by atoms with E-state index in [1.54, 1.807) is 42.5 Å². The fraction of sp³-hybridized carbons (Fsp3) is 0. The molecule has 19 heavy (non-hydrogen) atoms. The molecule has 0 fully saturated rings. The average molecular weight is 289 g/mol. The normalized spacial score (nSPS) is 9.74. The Labute approximate surface area is 121 Å². The summed E-state index contributed by atoms with van der Waals surface area (Å²) in [6.45, 7) is 0. The van der Waals surface area contributed by atoms with Crippen LogP contribution in [-0.2, 0) is 0 Å². The van der Waals surface area contributed by atoms with E-state index in [0.29, 0.717) is 26.7 Å². The van der Waals surface area contributed by atoms with E-state index in [4.69, 9.17) is 16.9 Å². The van der Waals surface area contributed by atoms with Gasteiger partial charge in [0.25, 0.3) is 5.91 Å². The number of amides is 1. The fourth-order valence-electron chi connectivity index (χ4n) is 1.56.